The van der Waals surface area contributed by atoms with Gasteiger partial charge in [-0.25, -0.2) is 9.78 Å². The lowest BCUT2D eigenvalue weighted by Gasteiger charge is -2.02. The van der Waals surface area contributed by atoms with Crippen LogP contribution in [-0.4, -0.2) is 37.0 Å². The second-order valence-electron chi connectivity index (χ2n) is 6.36. The maximum atomic E-state index is 11.3. The molecule has 3 aromatic rings. The van der Waals surface area contributed by atoms with Gasteiger partial charge in [0.05, 0.1) is 12.7 Å². The van der Waals surface area contributed by atoms with Crippen LogP contribution >= 0.6 is 11.6 Å². The number of carboxylic acid groups (broad SMARTS) is 1. The maximum Gasteiger partial charge on any atom is 0.356 e. The molecular formula is C21H20ClN5O2. The molecule has 1 aromatic carbocycles. The first-order chi connectivity index (χ1) is 13.9. The van der Waals surface area contributed by atoms with E-state index in [1.807, 2.05) is 30.5 Å². The molecule has 2 N–H and O–H groups in total. The molecule has 7 nitrogen and oxygen atoms in total. The van der Waals surface area contributed by atoms with Gasteiger partial charge in [-0.1, -0.05) is 30.3 Å². The van der Waals surface area contributed by atoms with Crippen molar-refractivity contribution in [2.24, 2.45) is 4.99 Å². The van der Waals surface area contributed by atoms with Crippen molar-refractivity contribution in [1.82, 2.24) is 19.7 Å². The van der Waals surface area contributed by atoms with Gasteiger partial charge in [-0.3, -0.25) is 9.67 Å². The Hall–Kier alpha value is -3.45. The van der Waals surface area contributed by atoms with Crippen LogP contribution in [0.25, 0.3) is 11.3 Å². The number of halogens is 1. The van der Waals surface area contributed by atoms with Crippen molar-refractivity contribution in [1.29, 1.82) is 0 Å². The Morgan fingerprint density at radius 2 is 2.10 bits per heavy atom. The van der Waals surface area contributed by atoms with E-state index in [0.717, 1.165) is 11.1 Å². The predicted molar refractivity (Wildman–Crippen MR) is 114 cm³/mol. The molecule has 0 saturated carbocycles. The molecule has 0 unspecified atom stereocenters. The zero-order valence-corrected chi connectivity index (χ0v) is 16.8. The summed E-state index contributed by atoms with van der Waals surface area (Å²) in [6.45, 7) is 8.12. The summed E-state index contributed by atoms with van der Waals surface area (Å²) in [6, 6.07) is 7.58. The number of allylic oxidation sites excluding steroid dienone is 2. The second-order valence-corrected chi connectivity index (χ2v) is 6.80. The standard InChI is InChI=1S/C21H20ClN5O2/c1-4-23-18(20-25-14(3)19(26-20)21(28)29)9-13(2)16-10-24-27(12-16)11-15-5-7-17(22)8-6-15/h4-10,12H,2,11H2,1,3H3,(H,25,26)(H,28,29)/b18-9-,23-4?. The van der Waals surface area contributed by atoms with E-state index in [1.54, 1.807) is 37.0 Å². The molecule has 0 aliphatic heterocycles. The van der Waals surface area contributed by atoms with Gasteiger partial charge in [-0.05, 0) is 43.2 Å². The summed E-state index contributed by atoms with van der Waals surface area (Å²) in [5.41, 5.74) is 3.50. The van der Waals surface area contributed by atoms with Crippen LogP contribution in [0.2, 0.25) is 5.02 Å². The fraction of sp³-hybridized carbons (Fsp3) is 0.143. The molecule has 3 rings (SSSR count). The smallest absolute Gasteiger partial charge is 0.356 e. The van der Waals surface area contributed by atoms with Crippen molar-refractivity contribution in [3.63, 3.8) is 0 Å². The van der Waals surface area contributed by atoms with Gasteiger partial charge in [-0.15, -0.1) is 0 Å². The third-order valence-electron chi connectivity index (χ3n) is 4.17. The molecule has 0 saturated heterocycles. The number of hydrogen-bond donors (Lipinski definition) is 2. The molecule has 0 fully saturated rings. The molecule has 0 spiro atoms. The number of aromatic carboxylic acids is 1. The van der Waals surface area contributed by atoms with Crippen LogP contribution in [0, 0.1) is 6.92 Å². The number of benzene rings is 1. The average Bonchev–Trinajstić information content (AvgIpc) is 3.30. The molecule has 0 aliphatic rings. The van der Waals surface area contributed by atoms with E-state index >= 15 is 0 Å². The number of nitrogens with one attached hydrogen (secondary N) is 1. The van der Waals surface area contributed by atoms with Crippen molar-refractivity contribution >= 4 is 35.1 Å². The average molecular weight is 410 g/mol. The van der Waals surface area contributed by atoms with E-state index in [2.05, 4.69) is 26.6 Å². The number of H-pyrrole nitrogens is 1. The quantitative estimate of drug-likeness (QED) is 0.444. The number of aromatic amines is 1. The van der Waals surface area contributed by atoms with E-state index in [1.165, 1.54) is 0 Å². The molecule has 0 amide bonds. The van der Waals surface area contributed by atoms with Crippen LogP contribution in [-0.2, 0) is 6.54 Å². The molecule has 29 heavy (non-hydrogen) atoms. The number of nitrogens with zero attached hydrogens (tertiary/aromatic N) is 4. The predicted octanol–water partition coefficient (Wildman–Crippen LogP) is 4.46. The van der Waals surface area contributed by atoms with Crippen LogP contribution in [0.4, 0.5) is 0 Å². The van der Waals surface area contributed by atoms with E-state index in [9.17, 15) is 9.90 Å². The lowest BCUT2D eigenvalue weighted by atomic mass is 10.1. The minimum Gasteiger partial charge on any atom is -0.476 e. The van der Waals surface area contributed by atoms with Crippen LogP contribution in [0.1, 0.15) is 40.1 Å². The highest BCUT2D eigenvalue weighted by atomic mass is 35.5. The zero-order valence-electron chi connectivity index (χ0n) is 16.1. The Balaban J connectivity index is 1.83. The van der Waals surface area contributed by atoms with Gasteiger partial charge >= 0.3 is 5.97 Å². The summed E-state index contributed by atoms with van der Waals surface area (Å²) < 4.78 is 1.81. The van der Waals surface area contributed by atoms with Crippen LogP contribution in [0.15, 0.2) is 54.3 Å². The number of carboxylic acids is 1. The number of hydrogen-bond acceptors (Lipinski definition) is 4. The fourth-order valence-electron chi connectivity index (χ4n) is 2.74. The van der Waals surface area contributed by atoms with Crippen LogP contribution in [0.5, 0.6) is 0 Å². The van der Waals surface area contributed by atoms with Gasteiger partial charge in [0.15, 0.2) is 11.5 Å². The third-order valence-corrected chi connectivity index (χ3v) is 4.42. The summed E-state index contributed by atoms with van der Waals surface area (Å²) in [5.74, 6) is -0.722. The van der Waals surface area contributed by atoms with Gasteiger partial charge in [-0.2, -0.15) is 5.10 Å². The lowest BCUT2D eigenvalue weighted by Crippen LogP contribution is -1.99. The molecule has 0 radical (unpaired) electrons. The van der Waals surface area contributed by atoms with Gasteiger partial charge in [0.2, 0.25) is 0 Å². The number of aromatic nitrogens is 4. The Morgan fingerprint density at radius 3 is 2.72 bits per heavy atom. The highest BCUT2D eigenvalue weighted by molar-refractivity contribution is 6.30. The SMILES string of the molecule is C=C(/C=C(\N=CC)c1nc(C(=O)O)c(C)[nH]1)c1cnn(Cc2ccc(Cl)cc2)c1. The van der Waals surface area contributed by atoms with Crippen molar-refractivity contribution in [2.75, 3.05) is 0 Å². The van der Waals surface area contributed by atoms with Crippen LogP contribution < -0.4 is 0 Å². The minimum atomic E-state index is -1.09. The normalized spacial score (nSPS) is 11.9. The second kappa shape index (κ2) is 8.70. The molecule has 2 heterocycles. The Kier molecular flexibility index (Phi) is 6.09. The summed E-state index contributed by atoms with van der Waals surface area (Å²) >= 11 is 5.92. The van der Waals surface area contributed by atoms with Gasteiger partial charge in [0.1, 0.15) is 5.70 Å². The van der Waals surface area contributed by atoms with Gasteiger partial charge in [0, 0.05) is 28.7 Å². The highest BCUT2D eigenvalue weighted by Crippen LogP contribution is 2.22. The van der Waals surface area contributed by atoms with Crippen molar-refractivity contribution in [2.45, 2.75) is 20.4 Å². The Morgan fingerprint density at radius 1 is 1.38 bits per heavy atom. The summed E-state index contributed by atoms with van der Waals surface area (Å²) in [6.07, 6.45) is 6.96. The molecule has 0 atom stereocenters. The number of aryl methyl sites for hydroxylation is 1. The van der Waals surface area contributed by atoms with Crippen molar-refractivity contribution in [3.8, 4) is 0 Å². The van der Waals surface area contributed by atoms with Crippen LogP contribution in [0.3, 0.4) is 0 Å². The Bertz CT molecular complexity index is 1110. The molecule has 0 aliphatic carbocycles. The molecule has 0 bridgehead atoms. The third kappa shape index (κ3) is 4.89. The summed E-state index contributed by atoms with van der Waals surface area (Å²) in [7, 11) is 0. The number of rotatable bonds is 7. The highest BCUT2D eigenvalue weighted by Gasteiger charge is 2.16. The van der Waals surface area contributed by atoms with E-state index in [-0.39, 0.29) is 5.69 Å². The minimum absolute atomic E-state index is 0.0291. The van der Waals surface area contributed by atoms with E-state index in [4.69, 9.17) is 11.6 Å². The van der Waals surface area contributed by atoms with Crippen molar-refractivity contribution < 1.29 is 9.90 Å². The zero-order chi connectivity index (χ0) is 21.0. The molecule has 148 valence electrons. The van der Waals surface area contributed by atoms with E-state index < -0.39 is 5.97 Å². The van der Waals surface area contributed by atoms with Gasteiger partial charge in [0.25, 0.3) is 0 Å². The molecule has 8 heteroatoms. The first-order valence-electron chi connectivity index (χ1n) is 8.84. The first-order valence-corrected chi connectivity index (χ1v) is 9.22. The Labute approximate surface area is 173 Å². The topological polar surface area (TPSA) is 96.2 Å². The summed E-state index contributed by atoms with van der Waals surface area (Å²) in [5, 5.41) is 14.3. The first kappa shape index (κ1) is 20.3. The number of carbonyl (C=O) groups is 1. The lowest BCUT2D eigenvalue weighted by molar-refractivity contribution is 0.0690. The van der Waals surface area contributed by atoms with Crippen molar-refractivity contribution in [3.05, 3.63) is 82.7 Å². The monoisotopic (exact) mass is 409 g/mol. The number of imidazole rings is 1. The maximum absolute atomic E-state index is 11.3. The van der Waals surface area contributed by atoms with Gasteiger partial charge < -0.3 is 10.1 Å². The molecular weight excluding hydrogens is 390 g/mol. The largest absolute Gasteiger partial charge is 0.476 e. The molecule has 2 aromatic heterocycles. The number of aliphatic imine (C=N–C) groups is 1. The van der Waals surface area contributed by atoms with E-state index in [0.29, 0.717) is 34.4 Å². The fourth-order valence-corrected chi connectivity index (χ4v) is 2.86. The summed E-state index contributed by atoms with van der Waals surface area (Å²) in [4.78, 5) is 22.7.